The second-order valence-corrected chi connectivity index (χ2v) is 10.5. The standard InChI is InChI=1S/C19H17Cl3N2S2.C4H4O4/c20-16-4-1-14(2-5-16)19(10-24-8-7-23-12-24)26-13-25-11-15-3-6-17(21)9-18(15)22;5-3(6)1-2-4(7)8/h1-9,12,19H,10-11,13H2;1-2H,(H,5,6)(H,7,8). The smallest absolute Gasteiger partial charge is 0.328 e. The van der Waals surface area contributed by atoms with Crippen LogP contribution in [0.3, 0.4) is 0 Å². The average Bonchev–Trinajstić information content (AvgIpc) is 3.30. The van der Waals surface area contributed by atoms with Gasteiger partial charge in [-0.2, -0.15) is 0 Å². The van der Waals surface area contributed by atoms with Gasteiger partial charge in [0.1, 0.15) is 0 Å². The van der Waals surface area contributed by atoms with Crippen LogP contribution in [0.4, 0.5) is 0 Å². The van der Waals surface area contributed by atoms with Gasteiger partial charge in [0.25, 0.3) is 0 Å². The van der Waals surface area contributed by atoms with Gasteiger partial charge < -0.3 is 14.8 Å². The van der Waals surface area contributed by atoms with Gasteiger partial charge in [-0.1, -0.05) is 53.0 Å². The Labute approximate surface area is 220 Å². The fourth-order valence-electron chi connectivity index (χ4n) is 2.58. The first-order valence-electron chi connectivity index (χ1n) is 9.73. The highest BCUT2D eigenvalue weighted by Crippen LogP contribution is 2.35. The molecule has 0 bridgehead atoms. The molecule has 3 rings (SSSR count). The number of hydrogen-bond acceptors (Lipinski definition) is 5. The molecule has 2 aromatic carbocycles. The number of carboxylic acids is 2. The molecule has 34 heavy (non-hydrogen) atoms. The first kappa shape index (κ1) is 28.1. The summed E-state index contributed by atoms with van der Waals surface area (Å²) < 4.78 is 2.10. The summed E-state index contributed by atoms with van der Waals surface area (Å²) in [5.74, 6) is -1.65. The first-order valence-corrected chi connectivity index (χ1v) is 13.1. The molecule has 0 spiro atoms. The van der Waals surface area contributed by atoms with Crippen molar-refractivity contribution in [2.75, 3.05) is 5.08 Å². The Balaban J connectivity index is 0.000000440. The van der Waals surface area contributed by atoms with Crippen LogP contribution >= 0.6 is 58.3 Å². The maximum Gasteiger partial charge on any atom is 0.328 e. The second kappa shape index (κ2) is 15.0. The number of aromatic nitrogens is 2. The monoisotopic (exact) mass is 558 g/mol. The predicted molar refractivity (Wildman–Crippen MR) is 141 cm³/mol. The van der Waals surface area contributed by atoms with Crippen LogP contribution in [0.2, 0.25) is 15.1 Å². The number of aliphatic carboxylic acids is 2. The molecule has 0 aliphatic rings. The highest BCUT2D eigenvalue weighted by atomic mass is 35.5. The molecule has 180 valence electrons. The normalized spacial score (nSPS) is 11.6. The van der Waals surface area contributed by atoms with E-state index in [1.54, 1.807) is 12.3 Å². The summed E-state index contributed by atoms with van der Waals surface area (Å²) in [5, 5.41) is 19.1. The van der Waals surface area contributed by atoms with Crippen molar-refractivity contribution in [3.05, 3.63) is 99.5 Å². The van der Waals surface area contributed by atoms with Crippen molar-refractivity contribution in [2.45, 2.75) is 17.5 Å². The summed E-state index contributed by atoms with van der Waals surface area (Å²) in [6, 6.07) is 13.7. The zero-order valence-electron chi connectivity index (χ0n) is 17.7. The number of halogens is 3. The Morgan fingerprint density at radius 2 is 1.65 bits per heavy atom. The zero-order chi connectivity index (χ0) is 24.9. The van der Waals surface area contributed by atoms with Crippen LogP contribution in [-0.4, -0.2) is 36.8 Å². The van der Waals surface area contributed by atoms with E-state index in [1.165, 1.54) is 5.56 Å². The van der Waals surface area contributed by atoms with E-state index >= 15 is 0 Å². The van der Waals surface area contributed by atoms with Crippen molar-refractivity contribution in [2.24, 2.45) is 0 Å². The molecule has 1 aromatic heterocycles. The van der Waals surface area contributed by atoms with Gasteiger partial charge in [-0.3, -0.25) is 0 Å². The van der Waals surface area contributed by atoms with Crippen molar-refractivity contribution in [3.63, 3.8) is 0 Å². The molecule has 1 heterocycles. The summed E-state index contributed by atoms with van der Waals surface area (Å²) in [5.41, 5.74) is 2.37. The lowest BCUT2D eigenvalue weighted by molar-refractivity contribution is -0.134. The van der Waals surface area contributed by atoms with Gasteiger partial charge >= 0.3 is 11.9 Å². The summed E-state index contributed by atoms with van der Waals surface area (Å²) in [6.07, 6.45) is 6.76. The quantitative estimate of drug-likeness (QED) is 0.158. The average molecular weight is 560 g/mol. The van der Waals surface area contributed by atoms with Gasteiger partial charge in [-0.05, 0) is 35.4 Å². The van der Waals surface area contributed by atoms with Crippen LogP contribution in [0.5, 0.6) is 0 Å². The number of carbonyl (C=O) groups is 2. The largest absolute Gasteiger partial charge is 0.478 e. The molecular formula is C23H21Cl3N2O4S2. The molecule has 1 atom stereocenters. The Morgan fingerprint density at radius 3 is 2.21 bits per heavy atom. The van der Waals surface area contributed by atoms with Gasteiger partial charge in [0.15, 0.2) is 0 Å². The van der Waals surface area contributed by atoms with E-state index in [9.17, 15) is 9.59 Å². The van der Waals surface area contributed by atoms with Crippen LogP contribution in [-0.2, 0) is 21.9 Å². The highest BCUT2D eigenvalue weighted by Gasteiger charge is 2.13. The SMILES string of the molecule is Clc1ccc(C(Cn2ccnc2)SCSCc2ccc(Cl)cc2Cl)cc1.O=C(O)C=CC(=O)O. The van der Waals surface area contributed by atoms with Crippen LogP contribution in [0.1, 0.15) is 16.4 Å². The number of thioether (sulfide) groups is 2. The molecule has 11 heteroatoms. The Bertz CT molecular complexity index is 1080. The number of hydrogen-bond donors (Lipinski definition) is 2. The van der Waals surface area contributed by atoms with Crippen molar-refractivity contribution in [3.8, 4) is 0 Å². The van der Waals surface area contributed by atoms with E-state index in [0.29, 0.717) is 22.4 Å². The fraction of sp³-hybridized carbons (Fsp3) is 0.174. The zero-order valence-corrected chi connectivity index (χ0v) is 21.6. The number of benzene rings is 2. The molecular weight excluding hydrogens is 539 g/mol. The van der Waals surface area contributed by atoms with Crippen molar-refractivity contribution < 1.29 is 19.8 Å². The van der Waals surface area contributed by atoms with Crippen molar-refractivity contribution >= 4 is 70.3 Å². The molecule has 0 aliphatic heterocycles. The van der Waals surface area contributed by atoms with Gasteiger partial charge in [0.2, 0.25) is 0 Å². The van der Waals surface area contributed by atoms with E-state index in [2.05, 4.69) is 21.7 Å². The van der Waals surface area contributed by atoms with E-state index in [4.69, 9.17) is 45.0 Å². The number of carboxylic acid groups (broad SMARTS) is 2. The third kappa shape index (κ3) is 10.9. The maximum atomic E-state index is 9.55. The molecule has 3 aromatic rings. The Hall–Kier alpha value is -2.10. The summed E-state index contributed by atoms with van der Waals surface area (Å²) >= 11 is 22.0. The lowest BCUT2D eigenvalue weighted by atomic mass is 10.1. The first-order chi connectivity index (χ1) is 16.2. The van der Waals surface area contributed by atoms with Crippen LogP contribution < -0.4 is 0 Å². The van der Waals surface area contributed by atoms with Crippen LogP contribution in [0.15, 0.2) is 73.3 Å². The lowest BCUT2D eigenvalue weighted by Crippen LogP contribution is -2.05. The van der Waals surface area contributed by atoms with Gasteiger partial charge in [0.05, 0.1) is 6.33 Å². The molecule has 6 nitrogen and oxygen atoms in total. The molecule has 2 N–H and O–H groups in total. The summed E-state index contributed by atoms with van der Waals surface area (Å²) in [7, 11) is 0. The van der Waals surface area contributed by atoms with Crippen LogP contribution in [0.25, 0.3) is 0 Å². The number of nitrogens with zero attached hydrogens (tertiary/aromatic N) is 2. The third-order valence-electron chi connectivity index (χ3n) is 4.17. The van der Waals surface area contributed by atoms with Crippen molar-refractivity contribution in [1.82, 2.24) is 9.55 Å². The summed E-state index contributed by atoms with van der Waals surface area (Å²) in [6.45, 7) is 0.870. The molecule has 0 fully saturated rings. The molecule has 0 amide bonds. The van der Waals surface area contributed by atoms with E-state index < -0.39 is 11.9 Å². The molecule has 0 saturated heterocycles. The van der Waals surface area contributed by atoms with Crippen molar-refractivity contribution in [1.29, 1.82) is 0 Å². The van der Waals surface area contributed by atoms with Crippen LogP contribution in [0, 0.1) is 0 Å². The highest BCUT2D eigenvalue weighted by molar-refractivity contribution is 8.15. The number of rotatable bonds is 10. The Morgan fingerprint density at radius 1 is 1.00 bits per heavy atom. The van der Waals surface area contributed by atoms with E-state index in [1.807, 2.05) is 60.3 Å². The van der Waals surface area contributed by atoms with Gasteiger partial charge in [-0.25, -0.2) is 14.6 Å². The van der Waals surface area contributed by atoms with E-state index in [0.717, 1.165) is 33.0 Å². The van der Waals surface area contributed by atoms with Gasteiger partial charge in [-0.15, -0.1) is 23.5 Å². The number of imidazole rings is 1. The maximum absolute atomic E-state index is 9.55. The fourth-order valence-corrected chi connectivity index (χ4v) is 5.74. The minimum Gasteiger partial charge on any atom is -0.478 e. The lowest BCUT2D eigenvalue weighted by Gasteiger charge is -2.18. The van der Waals surface area contributed by atoms with E-state index in [-0.39, 0.29) is 0 Å². The Kier molecular flexibility index (Phi) is 12.4. The third-order valence-corrected chi connectivity index (χ3v) is 7.56. The minimum absolute atomic E-state index is 0.328. The molecule has 0 saturated carbocycles. The van der Waals surface area contributed by atoms with Gasteiger partial charge in [0, 0.05) is 62.2 Å². The molecule has 0 radical (unpaired) electrons. The second-order valence-electron chi connectivity index (χ2n) is 6.68. The summed E-state index contributed by atoms with van der Waals surface area (Å²) in [4.78, 5) is 23.2. The predicted octanol–water partition coefficient (Wildman–Crippen LogP) is 6.92. The topological polar surface area (TPSA) is 92.4 Å². The molecule has 1 unspecified atom stereocenters. The minimum atomic E-state index is -1.26. The molecule has 0 aliphatic carbocycles.